The van der Waals surface area contributed by atoms with Crippen molar-refractivity contribution >= 4 is 5.91 Å². The van der Waals surface area contributed by atoms with Crippen LogP contribution in [0.15, 0.2) is 16.5 Å². The Morgan fingerprint density at radius 2 is 1.70 bits per heavy atom. The second-order valence-corrected chi connectivity index (χ2v) is 8.59. The number of likely N-dealkylation sites (tertiary alicyclic amines) is 1. The van der Waals surface area contributed by atoms with Gasteiger partial charge in [0.25, 0.3) is 5.91 Å². The second-order valence-electron chi connectivity index (χ2n) is 8.59. The third-order valence-corrected chi connectivity index (χ3v) is 6.85. The number of hydrogen-bond donors (Lipinski definition) is 0. The summed E-state index contributed by atoms with van der Waals surface area (Å²) >= 11 is 0. The molecule has 0 aromatic carbocycles. The molecule has 1 aliphatic carbocycles. The Kier molecular flexibility index (Phi) is 6.18. The van der Waals surface area contributed by atoms with Crippen LogP contribution < -0.4 is 0 Å². The Balaban J connectivity index is 1.35. The van der Waals surface area contributed by atoms with Crippen molar-refractivity contribution in [1.29, 1.82) is 0 Å². The van der Waals surface area contributed by atoms with Crippen molar-refractivity contribution in [2.45, 2.75) is 70.4 Å². The quantitative estimate of drug-likeness (QED) is 0.802. The molecule has 1 amide bonds. The van der Waals surface area contributed by atoms with Crippen LogP contribution >= 0.6 is 0 Å². The van der Waals surface area contributed by atoms with Gasteiger partial charge in [-0.3, -0.25) is 14.6 Å². The fourth-order valence-corrected chi connectivity index (χ4v) is 5.11. The van der Waals surface area contributed by atoms with E-state index in [9.17, 15) is 4.79 Å². The summed E-state index contributed by atoms with van der Waals surface area (Å²) in [5, 5.41) is 0. The van der Waals surface area contributed by atoms with E-state index in [1.807, 2.05) is 17.0 Å². The van der Waals surface area contributed by atoms with Gasteiger partial charge in [-0.2, -0.15) is 0 Å². The first-order valence-electron chi connectivity index (χ1n) is 11.1. The molecule has 27 heavy (non-hydrogen) atoms. The average molecular weight is 374 g/mol. The van der Waals surface area contributed by atoms with Crippen LogP contribution in [0.25, 0.3) is 0 Å². The molecule has 1 atom stereocenters. The minimum Gasteiger partial charge on any atom is -0.454 e. The highest BCUT2D eigenvalue weighted by molar-refractivity contribution is 5.91. The number of rotatable bonds is 4. The summed E-state index contributed by atoms with van der Waals surface area (Å²) in [6, 6.07) is 4.90. The molecule has 5 nitrogen and oxygen atoms in total. The fourth-order valence-electron chi connectivity index (χ4n) is 5.11. The molecule has 1 saturated carbocycles. The SMILES string of the molecule is CC(c1ccc(C(=O)N2CCCN(C3CCCC3)CC2)o1)N1CCCCC1. The van der Waals surface area contributed by atoms with Gasteiger partial charge in [-0.15, -0.1) is 0 Å². The monoisotopic (exact) mass is 373 g/mol. The predicted molar refractivity (Wildman–Crippen MR) is 107 cm³/mol. The van der Waals surface area contributed by atoms with Crippen molar-refractivity contribution in [2.75, 3.05) is 39.3 Å². The van der Waals surface area contributed by atoms with Crippen molar-refractivity contribution < 1.29 is 9.21 Å². The third kappa shape index (κ3) is 4.40. The van der Waals surface area contributed by atoms with Gasteiger partial charge in [0, 0.05) is 32.2 Å². The molecule has 1 unspecified atom stereocenters. The number of carbonyl (C=O) groups excluding carboxylic acids is 1. The van der Waals surface area contributed by atoms with E-state index in [1.165, 1.54) is 44.9 Å². The molecule has 150 valence electrons. The molecular formula is C22H35N3O2. The summed E-state index contributed by atoms with van der Waals surface area (Å²) in [5.41, 5.74) is 0. The van der Waals surface area contributed by atoms with E-state index in [2.05, 4.69) is 16.7 Å². The molecule has 3 fully saturated rings. The summed E-state index contributed by atoms with van der Waals surface area (Å²) < 4.78 is 6.03. The number of nitrogens with zero attached hydrogens (tertiary/aromatic N) is 3. The van der Waals surface area contributed by atoms with Crippen molar-refractivity contribution in [3.63, 3.8) is 0 Å². The van der Waals surface area contributed by atoms with Crippen molar-refractivity contribution in [3.05, 3.63) is 23.7 Å². The average Bonchev–Trinajstić information content (AvgIpc) is 3.36. The maximum atomic E-state index is 13.0. The minimum atomic E-state index is 0.0698. The molecule has 4 rings (SSSR count). The zero-order valence-corrected chi connectivity index (χ0v) is 16.9. The van der Waals surface area contributed by atoms with E-state index in [-0.39, 0.29) is 11.9 Å². The van der Waals surface area contributed by atoms with Crippen LogP contribution in [0.2, 0.25) is 0 Å². The largest absolute Gasteiger partial charge is 0.454 e. The molecular weight excluding hydrogens is 338 g/mol. The van der Waals surface area contributed by atoms with Crippen molar-refractivity contribution in [1.82, 2.24) is 14.7 Å². The maximum Gasteiger partial charge on any atom is 0.289 e. The zero-order valence-electron chi connectivity index (χ0n) is 16.9. The van der Waals surface area contributed by atoms with Crippen LogP contribution in [-0.4, -0.2) is 65.9 Å². The van der Waals surface area contributed by atoms with Crippen molar-refractivity contribution in [3.8, 4) is 0 Å². The van der Waals surface area contributed by atoms with Crippen LogP contribution in [0.1, 0.15) is 80.6 Å². The van der Waals surface area contributed by atoms with E-state index in [4.69, 9.17) is 4.42 Å². The van der Waals surface area contributed by atoms with Gasteiger partial charge >= 0.3 is 0 Å². The Labute approximate surface area is 163 Å². The van der Waals surface area contributed by atoms with Gasteiger partial charge in [0.15, 0.2) is 5.76 Å². The Bertz CT molecular complexity index is 617. The molecule has 5 heteroatoms. The van der Waals surface area contributed by atoms with Gasteiger partial charge in [0.1, 0.15) is 5.76 Å². The molecule has 0 N–H and O–H groups in total. The first kappa shape index (κ1) is 19.0. The maximum absolute atomic E-state index is 13.0. The summed E-state index contributed by atoms with van der Waals surface area (Å²) in [7, 11) is 0. The standard InChI is InChI=1S/C22H35N3O2/c1-18(23-12-5-2-6-13-23)20-10-11-21(27-20)22(26)25-15-7-14-24(16-17-25)19-8-3-4-9-19/h10-11,18-19H,2-9,12-17H2,1H3. The molecule has 3 aliphatic rings. The van der Waals surface area contributed by atoms with Gasteiger partial charge in [-0.1, -0.05) is 19.3 Å². The lowest BCUT2D eigenvalue weighted by Gasteiger charge is -2.31. The van der Waals surface area contributed by atoms with Gasteiger partial charge in [0.2, 0.25) is 0 Å². The second kappa shape index (κ2) is 8.78. The molecule has 0 spiro atoms. The predicted octanol–water partition coefficient (Wildman–Crippen LogP) is 3.92. The molecule has 1 aromatic heterocycles. The zero-order chi connectivity index (χ0) is 18.6. The molecule has 0 bridgehead atoms. The molecule has 2 saturated heterocycles. The van der Waals surface area contributed by atoms with Gasteiger partial charge in [0.05, 0.1) is 6.04 Å². The number of furan rings is 1. The lowest BCUT2D eigenvalue weighted by Crippen LogP contribution is -2.38. The summed E-state index contributed by atoms with van der Waals surface area (Å²) in [6.45, 7) is 8.27. The Hall–Kier alpha value is -1.33. The van der Waals surface area contributed by atoms with Crippen LogP contribution in [0.3, 0.4) is 0 Å². The normalized spacial score (nSPS) is 24.9. The van der Waals surface area contributed by atoms with E-state index >= 15 is 0 Å². The highest BCUT2D eigenvalue weighted by Gasteiger charge is 2.28. The van der Waals surface area contributed by atoms with Crippen molar-refractivity contribution in [2.24, 2.45) is 0 Å². The molecule has 3 heterocycles. The summed E-state index contributed by atoms with van der Waals surface area (Å²) in [4.78, 5) is 20.1. The highest BCUT2D eigenvalue weighted by Crippen LogP contribution is 2.27. The van der Waals surface area contributed by atoms with Gasteiger partial charge in [-0.25, -0.2) is 0 Å². The molecule has 1 aromatic rings. The number of piperidine rings is 1. The Morgan fingerprint density at radius 1 is 0.926 bits per heavy atom. The number of amides is 1. The Morgan fingerprint density at radius 3 is 2.48 bits per heavy atom. The number of hydrogen-bond acceptors (Lipinski definition) is 4. The lowest BCUT2D eigenvalue weighted by atomic mass is 10.1. The van der Waals surface area contributed by atoms with Crippen LogP contribution in [-0.2, 0) is 0 Å². The summed E-state index contributed by atoms with van der Waals surface area (Å²) in [6.07, 6.45) is 10.3. The summed E-state index contributed by atoms with van der Waals surface area (Å²) in [5.74, 6) is 1.52. The van der Waals surface area contributed by atoms with Gasteiger partial charge in [-0.05, 0) is 64.3 Å². The minimum absolute atomic E-state index is 0.0698. The third-order valence-electron chi connectivity index (χ3n) is 6.85. The van der Waals surface area contributed by atoms with E-state index < -0.39 is 0 Å². The number of carbonyl (C=O) groups is 1. The van der Waals surface area contributed by atoms with Crippen LogP contribution in [0.5, 0.6) is 0 Å². The smallest absolute Gasteiger partial charge is 0.289 e. The topological polar surface area (TPSA) is 39.9 Å². The van der Waals surface area contributed by atoms with E-state index in [1.54, 1.807) is 0 Å². The van der Waals surface area contributed by atoms with E-state index in [0.29, 0.717) is 5.76 Å². The van der Waals surface area contributed by atoms with Gasteiger partial charge < -0.3 is 9.32 Å². The molecule has 0 radical (unpaired) electrons. The lowest BCUT2D eigenvalue weighted by molar-refractivity contribution is 0.0718. The van der Waals surface area contributed by atoms with Crippen LogP contribution in [0.4, 0.5) is 0 Å². The highest BCUT2D eigenvalue weighted by atomic mass is 16.4. The first-order chi connectivity index (χ1) is 13.2. The first-order valence-corrected chi connectivity index (χ1v) is 11.1. The van der Waals surface area contributed by atoms with E-state index in [0.717, 1.165) is 57.5 Å². The molecule has 2 aliphatic heterocycles. The fraction of sp³-hybridized carbons (Fsp3) is 0.773. The van der Waals surface area contributed by atoms with Crippen LogP contribution in [0, 0.1) is 0 Å².